The van der Waals surface area contributed by atoms with Gasteiger partial charge < -0.3 is 4.74 Å². The maximum Gasteiger partial charge on any atom is 0.346 e. The summed E-state index contributed by atoms with van der Waals surface area (Å²) in [6.45, 7) is 2.72. The Kier molecular flexibility index (Phi) is 4.87. The van der Waals surface area contributed by atoms with Crippen molar-refractivity contribution < 1.29 is 24.2 Å². The number of carbonyl (C=O) groups is 2. The van der Waals surface area contributed by atoms with Gasteiger partial charge in [0.25, 0.3) is 11.4 Å². The van der Waals surface area contributed by atoms with Crippen LogP contribution in [-0.2, 0) is 4.74 Å². The second-order valence-electron chi connectivity index (χ2n) is 5.09. The normalized spacial score (nSPS) is 10.2. The number of esters is 2. The molecule has 0 unspecified atom stereocenters. The zero-order valence-electron chi connectivity index (χ0n) is 13.2. The van der Waals surface area contributed by atoms with Gasteiger partial charge in [-0.25, -0.2) is 9.59 Å². The molecule has 0 aliphatic rings. The molecule has 2 aromatic carbocycles. The molecule has 2 rings (SSSR count). The lowest BCUT2D eigenvalue weighted by Crippen LogP contribution is -2.15. The molecule has 9 nitrogen and oxygen atoms in total. The Morgan fingerprint density at radius 2 is 1.16 bits per heavy atom. The lowest BCUT2D eigenvalue weighted by Gasteiger charge is -2.08. The molecular weight excluding hydrogens is 332 g/mol. The first-order valence-electron chi connectivity index (χ1n) is 6.98. The number of carbonyl (C=O) groups excluding carboxylic acids is 2. The number of benzene rings is 2. The summed E-state index contributed by atoms with van der Waals surface area (Å²) in [5.41, 5.74) is -0.722. The van der Waals surface area contributed by atoms with E-state index >= 15 is 0 Å². The molecule has 0 amide bonds. The van der Waals surface area contributed by atoms with Gasteiger partial charge in [0, 0.05) is 23.3 Å². The van der Waals surface area contributed by atoms with Gasteiger partial charge in [-0.15, -0.1) is 0 Å². The maximum absolute atomic E-state index is 12.2. The van der Waals surface area contributed by atoms with Gasteiger partial charge in [0.15, 0.2) is 0 Å². The fourth-order valence-electron chi connectivity index (χ4n) is 2.28. The highest BCUT2D eigenvalue weighted by Gasteiger charge is 2.24. The number of ether oxygens (including phenoxy) is 1. The largest absolute Gasteiger partial charge is 0.386 e. The summed E-state index contributed by atoms with van der Waals surface area (Å²) in [7, 11) is 0. The Hall–Kier alpha value is -3.62. The van der Waals surface area contributed by atoms with Gasteiger partial charge in [-0.05, 0) is 26.0 Å². The van der Waals surface area contributed by atoms with E-state index in [1.807, 2.05) is 0 Å². The molecule has 128 valence electrons. The SMILES string of the molecule is Cc1c(C(=O)OC(=O)c2cccc([N+](=O)[O-])c2C)cccc1[N+](=O)[O-]. The molecule has 0 saturated carbocycles. The Labute approximate surface area is 141 Å². The van der Waals surface area contributed by atoms with E-state index < -0.39 is 21.8 Å². The first-order chi connectivity index (χ1) is 11.7. The predicted molar refractivity (Wildman–Crippen MR) is 85.4 cm³/mol. The minimum atomic E-state index is -1.07. The van der Waals surface area contributed by atoms with E-state index in [0.717, 1.165) is 0 Å². The Balaban J connectivity index is 2.32. The second-order valence-corrected chi connectivity index (χ2v) is 5.09. The Morgan fingerprint density at radius 3 is 1.48 bits per heavy atom. The standard InChI is InChI=1S/C16H12N2O7/c1-9-11(5-3-7-13(9)17(21)22)15(19)25-16(20)12-6-4-8-14(10(12)2)18(23)24/h3-8H,1-2H3. The third-order valence-electron chi connectivity index (χ3n) is 3.63. The van der Waals surface area contributed by atoms with Crippen LogP contribution in [0.15, 0.2) is 36.4 Å². The fourth-order valence-corrected chi connectivity index (χ4v) is 2.28. The predicted octanol–water partition coefficient (Wildman–Crippen LogP) is 3.12. The van der Waals surface area contributed by atoms with Crippen LogP contribution < -0.4 is 0 Å². The van der Waals surface area contributed by atoms with Gasteiger partial charge in [-0.2, -0.15) is 0 Å². The van der Waals surface area contributed by atoms with Crippen molar-refractivity contribution >= 4 is 23.3 Å². The molecule has 0 heterocycles. The number of hydrogen-bond donors (Lipinski definition) is 0. The molecule has 0 spiro atoms. The van der Waals surface area contributed by atoms with E-state index in [2.05, 4.69) is 0 Å². The third kappa shape index (κ3) is 3.50. The second kappa shape index (κ2) is 6.87. The molecule has 9 heteroatoms. The highest BCUT2D eigenvalue weighted by atomic mass is 16.6. The van der Waals surface area contributed by atoms with Crippen LogP contribution in [0.4, 0.5) is 11.4 Å². The molecule has 0 bridgehead atoms. The summed E-state index contributed by atoms with van der Waals surface area (Å²) in [4.78, 5) is 44.8. The lowest BCUT2D eigenvalue weighted by atomic mass is 10.1. The van der Waals surface area contributed by atoms with Crippen molar-refractivity contribution in [1.82, 2.24) is 0 Å². The molecule has 0 fully saturated rings. The molecule has 25 heavy (non-hydrogen) atoms. The summed E-state index contributed by atoms with van der Waals surface area (Å²) in [5, 5.41) is 21.8. The van der Waals surface area contributed by atoms with Crippen LogP contribution in [0.2, 0.25) is 0 Å². The molecule has 0 atom stereocenters. The molecule has 2 aromatic rings. The van der Waals surface area contributed by atoms with Crippen molar-refractivity contribution in [2.45, 2.75) is 13.8 Å². The van der Waals surface area contributed by atoms with Crippen molar-refractivity contribution in [2.24, 2.45) is 0 Å². The summed E-state index contributed by atoms with van der Waals surface area (Å²) in [6.07, 6.45) is 0. The van der Waals surface area contributed by atoms with E-state index in [4.69, 9.17) is 4.74 Å². The average Bonchev–Trinajstić information content (AvgIpc) is 2.54. The first kappa shape index (κ1) is 17.7. The summed E-state index contributed by atoms with van der Waals surface area (Å²) >= 11 is 0. The van der Waals surface area contributed by atoms with Crippen molar-refractivity contribution in [3.8, 4) is 0 Å². The van der Waals surface area contributed by atoms with Gasteiger partial charge in [-0.1, -0.05) is 12.1 Å². The molecule has 0 aliphatic carbocycles. The first-order valence-corrected chi connectivity index (χ1v) is 6.98. The fraction of sp³-hybridized carbons (Fsp3) is 0.125. The van der Waals surface area contributed by atoms with Gasteiger partial charge >= 0.3 is 11.9 Å². The van der Waals surface area contributed by atoms with E-state index in [1.165, 1.54) is 50.2 Å². The molecule has 0 N–H and O–H groups in total. The number of hydrogen-bond acceptors (Lipinski definition) is 7. The van der Waals surface area contributed by atoms with Crippen molar-refractivity contribution in [1.29, 1.82) is 0 Å². The Bertz CT molecular complexity index is 832. The number of nitro groups is 2. The quantitative estimate of drug-likeness (QED) is 0.360. The monoisotopic (exact) mass is 344 g/mol. The van der Waals surface area contributed by atoms with Crippen LogP contribution in [0.1, 0.15) is 31.8 Å². The number of rotatable bonds is 4. The zero-order chi connectivity index (χ0) is 18.7. The van der Waals surface area contributed by atoms with Crippen molar-refractivity contribution in [3.05, 3.63) is 78.9 Å². The molecular formula is C16H12N2O7. The molecule has 0 radical (unpaired) electrons. The van der Waals surface area contributed by atoms with Crippen LogP contribution >= 0.6 is 0 Å². The topological polar surface area (TPSA) is 130 Å². The van der Waals surface area contributed by atoms with Crippen LogP contribution in [0, 0.1) is 34.1 Å². The molecule has 0 saturated heterocycles. The minimum Gasteiger partial charge on any atom is -0.386 e. The van der Waals surface area contributed by atoms with E-state index in [0.29, 0.717) is 0 Å². The van der Waals surface area contributed by atoms with E-state index in [-0.39, 0.29) is 33.6 Å². The molecule has 0 aromatic heterocycles. The van der Waals surface area contributed by atoms with Crippen molar-refractivity contribution in [2.75, 3.05) is 0 Å². The molecule has 0 aliphatic heterocycles. The smallest absolute Gasteiger partial charge is 0.346 e. The van der Waals surface area contributed by atoms with E-state index in [1.54, 1.807) is 0 Å². The van der Waals surface area contributed by atoms with Crippen LogP contribution in [0.25, 0.3) is 0 Å². The highest BCUT2D eigenvalue weighted by Crippen LogP contribution is 2.24. The van der Waals surface area contributed by atoms with Crippen LogP contribution in [0.3, 0.4) is 0 Å². The zero-order valence-corrected chi connectivity index (χ0v) is 13.2. The number of nitrogens with zero attached hydrogens (tertiary/aromatic N) is 2. The summed E-state index contributed by atoms with van der Waals surface area (Å²) in [6, 6.07) is 7.61. The van der Waals surface area contributed by atoms with E-state index in [9.17, 15) is 29.8 Å². The average molecular weight is 344 g/mol. The third-order valence-corrected chi connectivity index (χ3v) is 3.63. The summed E-state index contributed by atoms with van der Waals surface area (Å²) in [5.74, 6) is -2.14. The van der Waals surface area contributed by atoms with Crippen molar-refractivity contribution in [3.63, 3.8) is 0 Å². The van der Waals surface area contributed by atoms with Gasteiger partial charge in [0.05, 0.1) is 21.0 Å². The number of nitro benzene ring substituents is 2. The van der Waals surface area contributed by atoms with Gasteiger partial charge in [0.2, 0.25) is 0 Å². The van der Waals surface area contributed by atoms with Crippen LogP contribution in [-0.4, -0.2) is 21.8 Å². The Morgan fingerprint density at radius 1 is 0.800 bits per heavy atom. The minimum absolute atomic E-state index is 0.0565. The van der Waals surface area contributed by atoms with Gasteiger partial charge in [0.1, 0.15) is 0 Å². The van der Waals surface area contributed by atoms with Gasteiger partial charge in [-0.3, -0.25) is 20.2 Å². The highest BCUT2D eigenvalue weighted by molar-refractivity contribution is 6.04. The maximum atomic E-state index is 12.2. The van der Waals surface area contributed by atoms with Crippen LogP contribution in [0.5, 0.6) is 0 Å². The lowest BCUT2D eigenvalue weighted by molar-refractivity contribution is -0.385. The summed E-state index contributed by atoms with van der Waals surface area (Å²) < 4.78 is 4.73.